The number of likely N-dealkylation sites (N-methyl/N-ethyl adjacent to an activating group) is 1. The molecule has 1 aromatic heterocycles. The molecule has 7 nitrogen and oxygen atoms in total. The molecule has 0 radical (unpaired) electrons. The zero-order valence-electron chi connectivity index (χ0n) is 16.3. The van der Waals surface area contributed by atoms with Crippen LogP contribution in [0.5, 0.6) is 5.75 Å². The zero-order chi connectivity index (χ0) is 19.8. The number of aromatic nitrogens is 1. The molecule has 7 heteroatoms. The van der Waals surface area contributed by atoms with E-state index in [9.17, 15) is 9.59 Å². The first-order valence-corrected chi connectivity index (χ1v) is 9.42. The van der Waals surface area contributed by atoms with Gasteiger partial charge in [-0.15, -0.1) is 0 Å². The first-order chi connectivity index (χ1) is 13.4. The van der Waals surface area contributed by atoms with Crippen LogP contribution in [0.3, 0.4) is 0 Å². The molecule has 1 aromatic carbocycles. The molecule has 2 aliphatic heterocycles. The topological polar surface area (TPSA) is 86.5 Å². The summed E-state index contributed by atoms with van der Waals surface area (Å²) < 4.78 is 6.00. The predicted molar refractivity (Wildman–Crippen MR) is 108 cm³/mol. The minimum Gasteiger partial charge on any atom is -0.489 e. The van der Waals surface area contributed by atoms with Crippen molar-refractivity contribution in [3.63, 3.8) is 0 Å². The number of amides is 2. The van der Waals surface area contributed by atoms with E-state index in [4.69, 9.17) is 4.74 Å². The van der Waals surface area contributed by atoms with Crippen molar-refractivity contribution in [2.75, 3.05) is 32.0 Å². The van der Waals surface area contributed by atoms with E-state index >= 15 is 0 Å². The second kappa shape index (κ2) is 7.16. The van der Waals surface area contributed by atoms with Gasteiger partial charge in [-0.2, -0.15) is 0 Å². The summed E-state index contributed by atoms with van der Waals surface area (Å²) in [4.78, 5) is 30.4. The Labute approximate surface area is 163 Å². The first-order valence-electron chi connectivity index (χ1n) is 9.42. The van der Waals surface area contributed by atoms with Gasteiger partial charge in [0, 0.05) is 43.6 Å². The quantitative estimate of drug-likeness (QED) is 0.654. The predicted octanol–water partition coefficient (Wildman–Crippen LogP) is 2.26. The van der Waals surface area contributed by atoms with Crippen LogP contribution in [0.2, 0.25) is 0 Å². The van der Waals surface area contributed by atoms with Gasteiger partial charge in [0.2, 0.25) is 0 Å². The number of nitrogens with one attached hydrogen (secondary N) is 3. The molecular weight excluding hydrogens is 356 g/mol. The average Bonchev–Trinajstić information content (AvgIpc) is 3.17. The van der Waals surface area contributed by atoms with E-state index in [1.807, 2.05) is 38.1 Å². The van der Waals surface area contributed by atoms with E-state index in [0.717, 1.165) is 16.9 Å². The number of carbonyl (C=O) groups is 2. The highest BCUT2D eigenvalue weighted by Crippen LogP contribution is 2.36. The second-order valence-electron chi connectivity index (χ2n) is 7.36. The summed E-state index contributed by atoms with van der Waals surface area (Å²) in [6.45, 7) is 5.79. The van der Waals surface area contributed by atoms with Gasteiger partial charge in [-0.25, -0.2) is 0 Å². The number of H-pyrrole nitrogens is 1. The third-order valence-electron chi connectivity index (χ3n) is 5.02. The summed E-state index contributed by atoms with van der Waals surface area (Å²) in [5.74, 6) is 0.441. The number of anilines is 1. The molecule has 0 saturated carbocycles. The number of rotatable bonds is 0. The van der Waals surface area contributed by atoms with Gasteiger partial charge in [0.05, 0.1) is 16.8 Å². The Hall–Kier alpha value is -3.06. The van der Waals surface area contributed by atoms with Crippen molar-refractivity contribution in [3.05, 3.63) is 46.8 Å². The number of nitrogens with zero attached hydrogens (tertiary/aromatic N) is 1. The fourth-order valence-electron chi connectivity index (χ4n) is 3.56. The molecule has 28 heavy (non-hydrogen) atoms. The van der Waals surface area contributed by atoms with Crippen LogP contribution in [-0.4, -0.2) is 54.5 Å². The minimum absolute atomic E-state index is 0.0444. The van der Waals surface area contributed by atoms with E-state index in [2.05, 4.69) is 15.6 Å². The van der Waals surface area contributed by atoms with Gasteiger partial charge >= 0.3 is 0 Å². The maximum absolute atomic E-state index is 12.9. The number of fused-ring (bicyclic) bond motifs is 2. The highest BCUT2D eigenvalue weighted by atomic mass is 16.5. The van der Waals surface area contributed by atoms with Crippen LogP contribution in [0.4, 0.5) is 5.69 Å². The molecular formula is C21H24N4O3. The summed E-state index contributed by atoms with van der Waals surface area (Å²) in [5.41, 5.74) is 4.09. The fourth-order valence-corrected chi connectivity index (χ4v) is 3.56. The monoisotopic (exact) mass is 380 g/mol. The van der Waals surface area contributed by atoms with Gasteiger partial charge in [0.1, 0.15) is 11.9 Å². The van der Waals surface area contributed by atoms with Gasteiger partial charge < -0.3 is 25.3 Å². The van der Waals surface area contributed by atoms with Gasteiger partial charge in [-0.05, 0) is 44.2 Å². The molecule has 3 N–H and O–H groups in total. The van der Waals surface area contributed by atoms with Crippen molar-refractivity contribution < 1.29 is 14.3 Å². The lowest BCUT2D eigenvalue weighted by molar-refractivity contribution is -0.110. The lowest BCUT2D eigenvalue weighted by Crippen LogP contribution is -2.37. The summed E-state index contributed by atoms with van der Waals surface area (Å²) in [6.07, 6.45) is 1.71. The third-order valence-corrected chi connectivity index (χ3v) is 5.02. The molecule has 2 aliphatic rings. The molecule has 1 atom stereocenters. The number of carbonyl (C=O) groups excluding carboxylic acids is 2. The number of ether oxygens (including phenoxy) is 1. The van der Waals surface area contributed by atoms with Crippen LogP contribution in [0.25, 0.3) is 11.6 Å². The normalized spacial score (nSPS) is 21.8. The van der Waals surface area contributed by atoms with Crippen molar-refractivity contribution in [1.29, 1.82) is 0 Å². The Morgan fingerprint density at radius 3 is 2.82 bits per heavy atom. The Balaban J connectivity index is 1.83. The maximum atomic E-state index is 12.9. The van der Waals surface area contributed by atoms with E-state index < -0.39 is 0 Å². The molecule has 2 bridgehead atoms. The molecule has 2 amide bonds. The van der Waals surface area contributed by atoms with Crippen LogP contribution >= 0.6 is 0 Å². The van der Waals surface area contributed by atoms with Gasteiger partial charge in [-0.3, -0.25) is 9.59 Å². The van der Waals surface area contributed by atoms with Crippen LogP contribution in [0.15, 0.2) is 24.3 Å². The SMILES string of the molecule is Cc1cc2c([nH]1)/C=C1\C(=O)Nc3ccc(cc31)OC(C)CNCCN(C)C2=O. The molecule has 4 rings (SSSR count). The Bertz CT molecular complexity index is 976. The van der Waals surface area contributed by atoms with Crippen molar-refractivity contribution in [2.45, 2.75) is 20.0 Å². The molecule has 0 saturated heterocycles. The van der Waals surface area contributed by atoms with E-state index in [-0.39, 0.29) is 17.9 Å². The zero-order valence-corrected chi connectivity index (χ0v) is 16.3. The first kappa shape index (κ1) is 18.3. The Morgan fingerprint density at radius 2 is 2.00 bits per heavy atom. The minimum atomic E-state index is -0.190. The summed E-state index contributed by atoms with van der Waals surface area (Å²) in [7, 11) is 1.78. The van der Waals surface area contributed by atoms with Crippen LogP contribution in [-0.2, 0) is 4.79 Å². The number of aromatic amines is 1. The van der Waals surface area contributed by atoms with Crippen molar-refractivity contribution in [1.82, 2.24) is 15.2 Å². The van der Waals surface area contributed by atoms with Crippen LogP contribution in [0.1, 0.15) is 34.2 Å². The fraction of sp³-hybridized carbons (Fsp3) is 0.333. The molecule has 146 valence electrons. The number of hydrogen-bond donors (Lipinski definition) is 3. The molecule has 1 unspecified atom stereocenters. The lowest BCUT2D eigenvalue weighted by atomic mass is 10.0. The van der Waals surface area contributed by atoms with Crippen molar-refractivity contribution in [3.8, 4) is 5.75 Å². The average molecular weight is 380 g/mol. The summed E-state index contributed by atoms with van der Waals surface area (Å²) in [6, 6.07) is 7.41. The highest BCUT2D eigenvalue weighted by molar-refractivity contribution is 6.35. The van der Waals surface area contributed by atoms with Crippen molar-refractivity contribution >= 4 is 29.2 Å². The van der Waals surface area contributed by atoms with Gasteiger partial charge in [-0.1, -0.05) is 0 Å². The van der Waals surface area contributed by atoms with E-state index in [0.29, 0.717) is 42.2 Å². The molecule has 2 aromatic rings. The van der Waals surface area contributed by atoms with Crippen LogP contribution < -0.4 is 15.4 Å². The molecule has 0 spiro atoms. The van der Waals surface area contributed by atoms with Crippen LogP contribution in [0, 0.1) is 6.92 Å². The van der Waals surface area contributed by atoms with Gasteiger partial charge in [0.15, 0.2) is 0 Å². The Kier molecular flexibility index (Phi) is 4.68. The second-order valence-corrected chi connectivity index (χ2v) is 7.36. The lowest BCUT2D eigenvalue weighted by Gasteiger charge is -2.19. The third kappa shape index (κ3) is 3.41. The van der Waals surface area contributed by atoms with Crippen molar-refractivity contribution in [2.24, 2.45) is 0 Å². The van der Waals surface area contributed by atoms with E-state index in [1.165, 1.54) is 0 Å². The van der Waals surface area contributed by atoms with Gasteiger partial charge in [0.25, 0.3) is 11.8 Å². The largest absolute Gasteiger partial charge is 0.489 e. The maximum Gasteiger partial charge on any atom is 0.256 e. The number of benzene rings is 1. The summed E-state index contributed by atoms with van der Waals surface area (Å²) >= 11 is 0. The Morgan fingerprint density at radius 1 is 1.18 bits per heavy atom. The number of hydrogen-bond acceptors (Lipinski definition) is 4. The number of aryl methyl sites for hydroxylation is 1. The standard InChI is InChI=1S/C21H24N4O3/c1-12-8-17-19(23-12)10-16-15-9-14(4-5-18(15)24-20(16)26)28-13(2)11-22-6-7-25(3)21(17)27/h4-5,8-10,13,22-23H,6-7,11H2,1-3H3,(H,24,26)/b16-10-. The molecule has 0 aliphatic carbocycles. The smallest absolute Gasteiger partial charge is 0.256 e. The summed E-state index contributed by atoms with van der Waals surface area (Å²) in [5, 5.41) is 6.20. The van der Waals surface area contributed by atoms with E-state index in [1.54, 1.807) is 18.0 Å². The highest BCUT2D eigenvalue weighted by Gasteiger charge is 2.27. The molecule has 3 heterocycles. The molecule has 0 fully saturated rings.